The molecule has 0 fully saturated rings. The van der Waals surface area contributed by atoms with Gasteiger partial charge in [0.05, 0.1) is 10.7 Å². The molecule has 0 aliphatic heterocycles. The van der Waals surface area contributed by atoms with Crippen LogP contribution in [0.4, 0.5) is 5.69 Å². The van der Waals surface area contributed by atoms with Gasteiger partial charge in [-0.3, -0.25) is 0 Å². The van der Waals surface area contributed by atoms with Crippen molar-refractivity contribution in [2.45, 2.75) is 26.7 Å². The molecule has 13 heavy (non-hydrogen) atoms. The maximum absolute atomic E-state index is 6.05. The van der Waals surface area contributed by atoms with Gasteiger partial charge < -0.3 is 5.32 Å². The first-order valence-electron chi connectivity index (χ1n) is 4.74. The predicted octanol–water partition coefficient (Wildman–Crippen LogP) is 3.86. The molecule has 2 heteroatoms. The maximum atomic E-state index is 6.05. The van der Waals surface area contributed by atoms with Gasteiger partial charge in [-0.25, -0.2) is 0 Å². The normalized spacial score (nSPS) is 10.1. The first kappa shape index (κ1) is 10.4. The molecule has 0 aliphatic rings. The number of benzene rings is 1. The Balaban J connectivity index is 2.64. The van der Waals surface area contributed by atoms with E-state index in [1.54, 1.807) is 0 Å². The number of aryl methyl sites for hydroxylation is 1. The molecule has 1 aromatic rings. The minimum Gasteiger partial charge on any atom is -0.384 e. The second-order valence-electron chi connectivity index (χ2n) is 3.21. The summed E-state index contributed by atoms with van der Waals surface area (Å²) in [7, 11) is 0. The molecule has 0 saturated heterocycles. The van der Waals surface area contributed by atoms with Crippen molar-refractivity contribution >= 4 is 17.3 Å². The fourth-order valence-electron chi connectivity index (χ4n) is 1.25. The summed E-state index contributed by atoms with van der Waals surface area (Å²) >= 11 is 6.05. The zero-order valence-corrected chi connectivity index (χ0v) is 8.99. The van der Waals surface area contributed by atoms with Crippen molar-refractivity contribution < 1.29 is 0 Å². The Bertz CT molecular complexity index is 251. The highest BCUT2D eigenvalue weighted by molar-refractivity contribution is 6.33. The number of anilines is 1. The lowest BCUT2D eigenvalue weighted by molar-refractivity contribution is 0.833. The summed E-state index contributed by atoms with van der Waals surface area (Å²) in [6.07, 6.45) is 2.39. The highest BCUT2D eigenvalue weighted by Crippen LogP contribution is 2.24. The first-order valence-corrected chi connectivity index (χ1v) is 5.12. The van der Waals surface area contributed by atoms with Crippen LogP contribution in [0.2, 0.25) is 5.02 Å². The molecule has 0 unspecified atom stereocenters. The zero-order chi connectivity index (χ0) is 9.68. The molecule has 72 valence electrons. The maximum Gasteiger partial charge on any atom is 0.0640 e. The second kappa shape index (κ2) is 5.13. The third-order valence-electron chi connectivity index (χ3n) is 2.05. The fraction of sp³-hybridized carbons (Fsp3) is 0.455. The molecule has 0 heterocycles. The molecule has 0 atom stereocenters. The molecular formula is C11H16ClN. The number of para-hydroxylation sites is 1. The first-order chi connectivity index (χ1) is 6.25. The zero-order valence-electron chi connectivity index (χ0n) is 8.23. The average Bonchev–Trinajstić information content (AvgIpc) is 2.10. The number of rotatable bonds is 4. The third kappa shape index (κ3) is 2.92. The topological polar surface area (TPSA) is 12.0 Å². The van der Waals surface area contributed by atoms with Crippen LogP contribution in [0.15, 0.2) is 18.2 Å². The molecule has 0 radical (unpaired) electrons. The van der Waals surface area contributed by atoms with Gasteiger partial charge in [0.25, 0.3) is 0 Å². The number of nitrogens with one attached hydrogen (secondary N) is 1. The van der Waals surface area contributed by atoms with Gasteiger partial charge in [0.1, 0.15) is 0 Å². The molecule has 0 bridgehead atoms. The molecule has 1 aromatic carbocycles. The molecule has 0 amide bonds. The Hall–Kier alpha value is -0.690. The van der Waals surface area contributed by atoms with E-state index in [9.17, 15) is 0 Å². The van der Waals surface area contributed by atoms with Crippen LogP contribution >= 0.6 is 11.6 Å². The van der Waals surface area contributed by atoms with E-state index in [0.717, 1.165) is 17.3 Å². The van der Waals surface area contributed by atoms with Gasteiger partial charge in [-0.15, -0.1) is 0 Å². The molecule has 1 rings (SSSR count). The van der Waals surface area contributed by atoms with E-state index in [1.165, 1.54) is 18.4 Å². The lowest BCUT2D eigenvalue weighted by Gasteiger charge is -2.10. The summed E-state index contributed by atoms with van der Waals surface area (Å²) in [5.74, 6) is 0. The standard InChI is InChI=1S/C11H16ClN/c1-3-4-8-13-11-9(2)6-5-7-10(11)12/h5-7,13H,3-4,8H2,1-2H3. The summed E-state index contributed by atoms with van der Waals surface area (Å²) in [5.41, 5.74) is 2.29. The van der Waals surface area contributed by atoms with E-state index in [1.807, 2.05) is 12.1 Å². The van der Waals surface area contributed by atoms with Crippen LogP contribution in [0.1, 0.15) is 25.3 Å². The van der Waals surface area contributed by atoms with Crippen molar-refractivity contribution in [1.29, 1.82) is 0 Å². The summed E-state index contributed by atoms with van der Waals surface area (Å²) < 4.78 is 0. The van der Waals surface area contributed by atoms with Gasteiger partial charge in [-0.1, -0.05) is 37.1 Å². The van der Waals surface area contributed by atoms with E-state index < -0.39 is 0 Å². The van der Waals surface area contributed by atoms with Gasteiger partial charge in [-0.05, 0) is 25.0 Å². The molecule has 0 spiro atoms. The van der Waals surface area contributed by atoms with E-state index in [2.05, 4.69) is 25.2 Å². The smallest absolute Gasteiger partial charge is 0.0640 e. The highest BCUT2D eigenvalue weighted by Gasteiger charge is 2.01. The van der Waals surface area contributed by atoms with Crippen molar-refractivity contribution in [2.75, 3.05) is 11.9 Å². The minimum atomic E-state index is 0.816. The Labute approximate surface area is 85.1 Å². The molecule has 0 aliphatic carbocycles. The van der Waals surface area contributed by atoms with Crippen LogP contribution in [0.25, 0.3) is 0 Å². The van der Waals surface area contributed by atoms with Gasteiger partial charge in [-0.2, -0.15) is 0 Å². The van der Waals surface area contributed by atoms with E-state index in [4.69, 9.17) is 11.6 Å². The monoisotopic (exact) mass is 197 g/mol. The van der Waals surface area contributed by atoms with Crippen molar-refractivity contribution in [1.82, 2.24) is 0 Å². The van der Waals surface area contributed by atoms with Gasteiger partial charge >= 0.3 is 0 Å². The summed E-state index contributed by atoms with van der Waals surface area (Å²) in [4.78, 5) is 0. The van der Waals surface area contributed by atoms with Gasteiger partial charge in [0.2, 0.25) is 0 Å². The Morgan fingerprint density at radius 3 is 2.77 bits per heavy atom. The van der Waals surface area contributed by atoms with Crippen molar-refractivity contribution in [3.8, 4) is 0 Å². The summed E-state index contributed by atoms with van der Waals surface area (Å²) in [6, 6.07) is 5.96. The van der Waals surface area contributed by atoms with Crippen LogP contribution < -0.4 is 5.32 Å². The third-order valence-corrected chi connectivity index (χ3v) is 2.37. The predicted molar refractivity (Wildman–Crippen MR) is 59.6 cm³/mol. The van der Waals surface area contributed by atoms with Gasteiger partial charge in [0.15, 0.2) is 0 Å². The molecule has 0 saturated carbocycles. The van der Waals surface area contributed by atoms with E-state index >= 15 is 0 Å². The average molecular weight is 198 g/mol. The summed E-state index contributed by atoms with van der Waals surface area (Å²) in [6.45, 7) is 5.25. The Morgan fingerprint density at radius 1 is 1.38 bits per heavy atom. The number of hydrogen-bond acceptors (Lipinski definition) is 1. The van der Waals surface area contributed by atoms with E-state index in [0.29, 0.717) is 0 Å². The Kier molecular flexibility index (Phi) is 4.10. The van der Waals surface area contributed by atoms with Crippen molar-refractivity contribution in [3.05, 3.63) is 28.8 Å². The van der Waals surface area contributed by atoms with Crippen LogP contribution in [-0.4, -0.2) is 6.54 Å². The van der Waals surface area contributed by atoms with Gasteiger partial charge in [0, 0.05) is 6.54 Å². The number of hydrogen-bond donors (Lipinski definition) is 1. The van der Waals surface area contributed by atoms with Crippen LogP contribution in [0, 0.1) is 6.92 Å². The lowest BCUT2D eigenvalue weighted by Crippen LogP contribution is -2.02. The van der Waals surface area contributed by atoms with Crippen molar-refractivity contribution in [3.63, 3.8) is 0 Å². The highest BCUT2D eigenvalue weighted by atomic mass is 35.5. The van der Waals surface area contributed by atoms with Crippen LogP contribution in [-0.2, 0) is 0 Å². The largest absolute Gasteiger partial charge is 0.384 e. The second-order valence-corrected chi connectivity index (χ2v) is 3.62. The summed E-state index contributed by atoms with van der Waals surface area (Å²) in [5, 5.41) is 4.17. The molecule has 1 N–H and O–H groups in total. The quantitative estimate of drug-likeness (QED) is 0.723. The minimum absolute atomic E-state index is 0.816. The number of halogens is 1. The SMILES string of the molecule is CCCCNc1c(C)cccc1Cl. The molecule has 0 aromatic heterocycles. The Morgan fingerprint density at radius 2 is 2.15 bits per heavy atom. The van der Waals surface area contributed by atoms with Crippen LogP contribution in [0.5, 0.6) is 0 Å². The lowest BCUT2D eigenvalue weighted by atomic mass is 10.2. The molecular weight excluding hydrogens is 182 g/mol. The number of unbranched alkanes of at least 4 members (excludes halogenated alkanes) is 1. The van der Waals surface area contributed by atoms with Crippen molar-refractivity contribution in [2.24, 2.45) is 0 Å². The molecule has 1 nitrogen and oxygen atoms in total. The fourth-order valence-corrected chi connectivity index (χ4v) is 1.53. The van der Waals surface area contributed by atoms with Crippen LogP contribution in [0.3, 0.4) is 0 Å². The van der Waals surface area contributed by atoms with E-state index in [-0.39, 0.29) is 0 Å².